The van der Waals surface area contributed by atoms with E-state index in [1.807, 2.05) is 4.57 Å². The van der Waals surface area contributed by atoms with Gasteiger partial charge in [-0.05, 0) is 24.7 Å². The van der Waals surface area contributed by atoms with E-state index in [1.54, 1.807) is 7.05 Å². The van der Waals surface area contributed by atoms with Gasteiger partial charge in [-0.1, -0.05) is 27.2 Å². The molecule has 2 atom stereocenters. The van der Waals surface area contributed by atoms with Crippen LogP contribution in [0.4, 0.5) is 0 Å². The number of rotatable bonds is 5. The van der Waals surface area contributed by atoms with E-state index < -0.39 is 0 Å². The van der Waals surface area contributed by atoms with Gasteiger partial charge in [-0.2, -0.15) is 0 Å². The van der Waals surface area contributed by atoms with Crippen LogP contribution in [0.1, 0.15) is 45.9 Å². The van der Waals surface area contributed by atoms with Crippen molar-refractivity contribution in [2.75, 3.05) is 13.1 Å². The summed E-state index contributed by atoms with van der Waals surface area (Å²) in [5, 5.41) is 0. The third-order valence-electron chi connectivity index (χ3n) is 5.47. The molecular formula is C19H31N5O2. The second-order valence-electron chi connectivity index (χ2n) is 8.05. The Labute approximate surface area is 154 Å². The van der Waals surface area contributed by atoms with Crippen LogP contribution in [0.25, 0.3) is 11.2 Å². The van der Waals surface area contributed by atoms with Crippen LogP contribution in [0.15, 0.2) is 9.59 Å². The predicted molar refractivity (Wildman–Crippen MR) is 103 cm³/mol. The highest BCUT2D eigenvalue weighted by molar-refractivity contribution is 5.71. The predicted octanol–water partition coefficient (Wildman–Crippen LogP) is 1.71. The first-order valence-electron chi connectivity index (χ1n) is 9.70. The quantitative estimate of drug-likeness (QED) is 0.813. The molecule has 0 amide bonds. The van der Waals surface area contributed by atoms with Gasteiger partial charge in [0.05, 0.1) is 6.54 Å². The molecule has 3 rings (SSSR count). The van der Waals surface area contributed by atoms with E-state index in [4.69, 9.17) is 4.98 Å². The number of piperidine rings is 1. The van der Waals surface area contributed by atoms with Gasteiger partial charge in [0, 0.05) is 33.7 Å². The molecule has 144 valence electrons. The standard InChI is InChI=1S/C19H31N5O2/c1-6-7-8-24-15(12-23-10-13(2)9-14(3)11-23)20-17-16(24)18(25)22(5)19(26)21(17)4/h13-14H,6-12H2,1-5H3/t13-,14+. The number of fused-ring (bicyclic) bond motifs is 1. The minimum Gasteiger partial charge on any atom is -0.321 e. The van der Waals surface area contributed by atoms with E-state index in [1.165, 1.54) is 22.6 Å². The number of aryl methyl sites for hydroxylation is 2. The van der Waals surface area contributed by atoms with Crippen LogP contribution in [0.2, 0.25) is 0 Å². The fourth-order valence-corrected chi connectivity index (χ4v) is 4.29. The molecule has 2 aromatic rings. The SMILES string of the molecule is CCCCn1c(CN2C[C@H](C)C[C@H](C)C2)nc2c1c(=O)n(C)c(=O)n2C. The van der Waals surface area contributed by atoms with Gasteiger partial charge >= 0.3 is 5.69 Å². The summed E-state index contributed by atoms with van der Waals surface area (Å²) >= 11 is 0. The lowest BCUT2D eigenvalue weighted by Gasteiger charge is -2.34. The van der Waals surface area contributed by atoms with Crippen LogP contribution < -0.4 is 11.2 Å². The number of unbranched alkanes of at least 4 members (excludes halogenated alkanes) is 1. The van der Waals surface area contributed by atoms with Gasteiger partial charge < -0.3 is 4.57 Å². The highest BCUT2D eigenvalue weighted by Gasteiger charge is 2.25. The van der Waals surface area contributed by atoms with Crippen molar-refractivity contribution >= 4 is 11.2 Å². The third kappa shape index (κ3) is 3.37. The monoisotopic (exact) mass is 361 g/mol. The number of imidazole rings is 1. The van der Waals surface area contributed by atoms with Crippen molar-refractivity contribution in [3.05, 3.63) is 26.7 Å². The largest absolute Gasteiger partial charge is 0.332 e. The Kier molecular flexibility index (Phi) is 5.37. The molecule has 0 saturated carbocycles. The fourth-order valence-electron chi connectivity index (χ4n) is 4.29. The maximum absolute atomic E-state index is 12.8. The highest BCUT2D eigenvalue weighted by Crippen LogP contribution is 2.23. The summed E-state index contributed by atoms with van der Waals surface area (Å²) < 4.78 is 4.72. The second kappa shape index (κ2) is 7.39. The molecule has 0 unspecified atom stereocenters. The molecule has 2 aromatic heterocycles. The smallest absolute Gasteiger partial charge is 0.321 e. The molecule has 7 heteroatoms. The summed E-state index contributed by atoms with van der Waals surface area (Å²) in [6.45, 7) is 10.3. The lowest BCUT2D eigenvalue weighted by molar-refractivity contribution is 0.130. The molecule has 3 heterocycles. The van der Waals surface area contributed by atoms with E-state index in [0.29, 0.717) is 23.0 Å². The van der Waals surface area contributed by atoms with Crippen molar-refractivity contribution in [2.45, 2.75) is 53.1 Å². The van der Waals surface area contributed by atoms with Crippen LogP contribution in [-0.4, -0.2) is 36.7 Å². The van der Waals surface area contributed by atoms with Gasteiger partial charge in [0.15, 0.2) is 11.2 Å². The molecule has 1 aliphatic heterocycles. The molecule has 26 heavy (non-hydrogen) atoms. The molecule has 0 spiro atoms. The van der Waals surface area contributed by atoms with Crippen LogP contribution >= 0.6 is 0 Å². The van der Waals surface area contributed by atoms with Crippen LogP contribution in [0.3, 0.4) is 0 Å². The van der Waals surface area contributed by atoms with Crippen molar-refractivity contribution in [3.63, 3.8) is 0 Å². The van der Waals surface area contributed by atoms with Crippen LogP contribution in [-0.2, 0) is 27.2 Å². The van der Waals surface area contributed by atoms with Gasteiger partial charge in [0.1, 0.15) is 5.82 Å². The Morgan fingerprint density at radius 3 is 2.35 bits per heavy atom. The molecule has 0 aromatic carbocycles. The summed E-state index contributed by atoms with van der Waals surface area (Å²) in [5.41, 5.74) is 0.478. The summed E-state index contributed by atoms with van der Waals surface area (Å²) in [5.74, 6) is 2.24. The van der Waals surface area contributed by atoms with Gasteiger partial charge in [0.2, 0.25) is 0 Å². The number of hydrogen-bond acceptors (Lipinski definition) is 4. The first-order chi connectivity index (χ1) is 12.3. The summed E-state index contributed by atoms with van der Waals surface area (Å²) in [4.78, 5) is 32.2. The van der Waals surface area contributed by atoms with E-state index in [-0.39, 0.29) is 11.2 Å². The van der Waals surface area contributed by atoms with E-state index >= 15 is 0 Å². The van der Waals surface area contributed by atoms with Gasteiger partial charge in [-0.25, -0.2) is 9.78 Å². The normalized spacial score (nSPS) is 21.6. The zero-order chi connectivity index (χ0) is 19.0. The minimum atomic E-state index is -0.325. The zero-order valence-electron chi connectivity index (χ0n) is 16.7. The average molecular weight is 361 g/mol. The molecule has 0 radical (unpaired) electrons. The van der Waals surface area contributed by atoms with Crippen molar-refractivity contribution in [2.24, 2.45) is 25.9 Å². The molecule has 0 aliphatic carbocycles. The van der Waals surface area contributed by atoms with Crippen LogP contribution in [0.5, 0.6) is 0 Å². The van der Waals surface area contributed by atoms with E-state index in [0.717, 1.165) is 44.8 Å². The molecule has 1 aliphatic rings. The highest BCUT2D eigenvalue weighted by atomic mass is 16.2. The zero-order valence-corrected chi connectivity index (χ0v) is 16.7. The third-order valence-corrected chi connectivity index (χ3v) is 5.47. The maximum Gasteiger partial charge on any atom is 0.332 e. The van der Waals surface area contributed by atoms with Crippen molar-refractivity contribution in [1.29, 1.82) is 0 Å². The first kappa shape index (κ1) is 18.9. The summed E-state index contributed by atoms with van der Waals surface area (Å²) in [7, 11) is 3.23. The number of aromatic nitrogens is 4. The van der Waals surface area contributed by atoms with E-state index in [2.05, 4.69) is 25.7 Å². The van der Waals surface area contributed by atoms with Crippen molar-refractivity contribution < 1.29 is 0 Å². The minimum absolute atomic E-state index is 0.252. The average Bonchev–Trinajstić information content (AvgIpc) is 2.93. The Morgan fingerprint density at radius 1 is 1.08 bits per heavy atom. The molecular weight excluding hydrogens is 330 g/mol. The topological polar surface area (TPSA) is 65.1 Å². The van der Waals surface area contributed by atoms with Crippen molar-refractivity contribution in [1.82, 2.24) is 23.6 Å². The van der Waals surface area contributed by atoms with Crippen molar-refractivity contribution in [3.8, 4) is 0 Å². The lowest BCUT2D eigenvalue weighted by atomic mass is 9.92. The Bertz CT molecular complexity index is 897. The van der Waals surface area contributed by atoms with Gasteiger partial charge in [0.25, 0.3) is 5.56 Å². The molecule has 1 saturated heterocycles. The molecule has 1 fully saturated rings. The second-order valence-corrected chi connectivity index (χ2v) is 8.05. The van der Waals surface area contributed by atoms with Gasteiger partial charge in [-0.15, -0.1) is 0 Å². The molecule has 0 bridgehead atoms. The number of hydrogen-bond donors (Lipinski definition) is 0. The number of nitrogens with zero attached hydrogens (tertiary/aromatic N) is 5. The first-order valence-corrected chi connectivity index (χ1v) is 9.70. The molecule has 0 N–H and O–H groups in total. The Hall–Kier alpha value is -1.89. The van der Waals surface area contributed by atoms with E-state index in [9.17, 15) is 9.59 Å². The fraction of sp³-hybridized carbons (Fsp3) is 0.737. The molecule has 7 nitrogen and oxygen atoms in total. The van der Waals surface area contributed by atoms with Crippen LogP contribution in [0, 0.1) is 11.8 Å². The summed E-state index contributed by atoms with van der Waals surface area (Å²) in [6.07, 6.45) is 3.29. The Morgan fingerprint density at radius 2 is 1.73 bits per heavy atom. The summed E-state index contributed by atoms with van der Waals surface area (Å²) in [6, 6.07) is 0. The lowest BCUT2D eigenvalue weighted by Crippen LogP contribution is -2.39. The Balaban J connectivity index is 2.09. The maximum atomic E-state index is 12.8. The van der Waals surface area contributed by atoms with Gasteiger partial charge in [-0.3, -0.25) is 18.8 Å². The number of likely N-dealkylation sites (tertiary alicyclic amines) is 1.